The van der Waals surface area contributed by atoms with Crippen molar-refractivity contribution < 1.29 is 0 Å². The zero-order valence-corrected chi connectivity index (χ0v) is 21.9. The Balaban J connectivity index is 1.25. The maximum atomic E-state index is 2.39. The van der Waals surface area contributed by atoms with Gasteiger partial charge in [0.25, 0.3) is 0 Å². The van der Waals surface area contributed by atoms with Crippen LogP contribution in [0.5, 0.6) is 0 Å². The first-order valence-corrected chi connectivity index (χ1v) is 14.3. The summed E-state index contributed by atoms with van der Waals surface area (Å²) in [5.41, 5.74) is 2.59. The van der Waals surface area contributed by atoms with E-state index in [2.05, 4.69) is 133 Å². The highest BCUT2D eigenvalue weighted by atomic mass is 32.1. The van der Waals surface area contributed by atoms with Crippen molar-refractivity contribution in [2.24, 2.45) is 0 Å². The van der Waals surface area contributed by atoms with Crippen molar-refractivity contribution in [1.82, 2.24) is 0 Å². The highest BCUT2D eigenvalue weighted by molar-refractivity contribution is 7.19. The molecule has 1 aromatic heterocycles. The Hall–Kier alpha value is -4.72. The van der Waals surface area contributed by atoms with Crippen molar-refractivity contribution in [3.05, 3.63) is 133 Å². The van der Waals surface area contributed by atoms with Crippen LogP contribution in [0, 0.1) is 0 Å². The van der Waals surface area contributed by atoms with Gasteiger partial charge < -0.3 is 0 Å². The van der Waals surface area contributed by atoms with Crippen molar-refractivity contribution in [3.63, 3.8) is 0 Å². The fourth-order valence-electron chi connectivity index (χ4n) is 6.65. The van der Waals surface area contributed by atoms with Crippen LogP contribution in [0.2, 0.25) is 0 Å². The van der Waals surface area contributed by atoms with Crippen LogP contribution in [-0.2, 0) is 0 Å². The molecule has 9 rings (SSSR count). The van der Waals surface area contributed by atoms with Gasteiger partial charge in [-0.05, 0) is 94.0 Å². The molecule has 1 heterocycles. The zero-order valence-electron chi connectivity index (χ0n) is 21.1. The molecule has 0 aliphatic carbocycles. The van der Waals surface area contributed by atoms with Gasteiger partial charge in [0.05, 0.1) is 0 Å². The van der Waals surface area contributed by atoms with E-state index in [0.29, 0.717) is 0 Å². The topological polar surface area (TPSA) is 0 Å². The molecule has 9 aromatic rings. The second-order valence-electron chi connectivity index (χ2n) is 10.5. The number of thiophene rings is 1. The minimum atomic E-state index is 1.27. The van der Waals surface area contributed by atoms with Gasteiger partial charge in [-0.25, -0.2) is 0 Å². The van der Waals surface area contributed by atoms with Crippen LogP contribution < -0.4 is 0 Å². The van der Waals surface area contributed by atoms with E-state index >= 15 is 0 Å². The Morgan fingerprint density at radius 3 is 1.59 bits per heavy atom. The van der Waals surface area contributed by atoms with Gasteiger partial charge in [0.1, 0.15) is 0 Å². The molecule has 0 spiro atoms. The summed E-state index contributed by atoms with van der Waals surface area (Å²) in [7, 11) is 0. The fraction of sp³-hybridized carbons (Fsp3) is 0. The number of hydrogen-bond donors (Lipinski definition) is 0. The van der Waals surface area contributed by atoms with Crippen LogP contribution in [0.1, 0.15) is 0 Å². The van der Waals surface area contributed by atoms with Gasteiger partial charge in [-0.15, -0.1) is 11.3 Å². The van der Waals surface area contributed by atoms with Crippen molar-refractivity contribution >= 4 is 76.0 Å². The molecule has 0 nitrogen and oxygen atoms in total. The van der Waals surface area contributed by atoms with Crippen LogP contribution in [0.4, 0.5) is 0 Å². The molecule has 0 N–H and O–H groups in total. The summed E-state index contributed by atoms with van der Waals surface area (Å²) in [6.07, 6.45) is 0. The molecular weight excluding hydrogens is 488 g/mol. The van der Waals surface area contributed by atoms with Gasteiger partial charge in [0.2, 0.25) is 0 Å². The molecule has 0 aliphatic rings. The molecule has 0 atom stereocenters. The van der Waals surface area contributed by atoms with E-state index in [1.54, 1.807) is 0 Å². The average Bonchev–Trinajstić information content (AvgIpc) is 3.50. The van der Waals surface area contributed by atoms with E-state index in [-0.39, 0.29) is 0 Å². The van der Waals surface area contributed by atoms with E-state index < -0.39 is 0 Å². The standard InChI is InChI=1S/C38H22S/c1-2-10-29-27(8-1)28-9-3-4-11-30(28)34-22-26(16-17-31(29)34)35-20-21-36(39-35)32-18-14-25-13-12-23-6-5-7-24-15-19-33(32)38(25)37(23)24/h1-22H. The maximum absolute atomic E-state index is 2.39. The lowest BCUT2D eigenvalue weighted by Gasteiger charge is -2.13. The summed E-state index contributed by atoms with van der Waals surface area (Å²) in [5.74, 6) is 0. The van der Waals surface area contributed by atoms with Gasteiger partial charge in [-0.3, -0.25) is 0 Å². The summed E-state index contributed by atoms with van der Waals surface area (Å²) in [6.45, 7) is 0. The van der Waals surface area contributed by atoms with Crippen molar-refractivity contribution in [1.29, 1.82) is 0 Å². The summed E-state index contributed by atoms with van der Waals surface area (Å²) in [6, 6.07) is 49.5. The summed E-state index contributed by atoms with van der Waals surface area (Å²) < 4.78 is 0. The van der Waals surface area contributed by atoms with Crippen molar-refractivity contribution in [2.75, 3.05) is 0 Å². The third-order valence-corrected chi connectivity index (χ3v) is 9.60. The van der Waals surface area contributed by atoms with Gasteiger partial charge in [0.15, 0.2) is 0 Å². The minimum absolute atomic E-state index is 1.27. The molecule has 0 bridgehead atoms. The number of benzene rings is 8. The first kappa shape index (κ1) is 21.2. The zero-order chi connectivity index (χ0) is 25.5. The largest absolute Gasteiger partial charge is 0.135 e. The highest BCUT2D eigenvalue weighted by Crippen LogP contribution is 2.43. The summed E-state index contributed by atoms with van der Waals surface area (Å²) >= 11 is 1.89. The first-order chi connectivity index (χ1) is 19.3. The van der Waals surface area contributed by atoms with E-state index in [0.717, 1.165) is 0 Å². The van der Waals surface area contributed by atoms with Crippen LogP contribution >= 0.6 is 11.3 Å². The van der Waals surface area contributed by atoms with Crippen LogP contribution in [0.25, 0.3) is 85.5 Å². The van der Waals surface area contributed by atoms with E-state index in [1.165, 1.54) is 85.5 Å². The third kappa shape index (κ3) is 2.99. The molecule has 0 saturated heterocycles. The maximum Gasteiger partial charge on any atom is 0.0355 e. The molecular formula is C38H22S. The van der Waals surface area contributed by atoms with Crippen LogP contribution in [0.3, 0.4) is 0 Å². The Kier molecular flexibility index (Phi) is 4.30. The third-order valence-electron chi connectivity index (χ3n) is 8.43. The summed E-state index contributed by atoms with van der Waals surface area (Å²) in [4.78, 5) is 2.61. The van der Waals surface area contributed by atoms with E-state index in [9.17, 15) is 0 Å². The van der Waals surface area contributed by atoms with Crippen molar-refractivity contribution in [2.45, 2.75) is 0 Å². The number of hydrogen-bond acceptors (Lipinski definition) is 1. The molecule has 0 saturated carbocycles. The smallest absolute Gasteiger partial charge is 0.0355 e. The Morgan fingerprint density at radius 1 is 0.333 bits per heavy atom. The molecule has 1 heteroatoms. The van der Waals surface area contributed by atoms with Crippen LogP contribution in [-0.4, -0.2) is 0 Å². The van der Waals surface area contributed by atoms with E-state index in [1.807, 2.05) is 11.3 Å². The second kappa shape index (κ2) is 7.89. The van der Waals surface area contributed by atoms with E-state index in [4.69, 9.17) is 0 Å². The molecule has 8 aromatic carbocycles. The minimum Gasteiger partial charge on any atom is -0.135 e. The average molecular weight is 511 g/mol. The van der Waals surface area contributed by atoms with Gasteiger partial charge in [-0.2, -0.15) is 0 Å². The lowest BCUT2D eigenvalue weighted by Crippen LogP contribution is -1.85. The second-order valence-corrected chi connectivity index (χ2v) is 11.6. The number of fused-ring (bicyclic) bond motifs is 6. The first-order valence-electron chi connectivity index (χ1n) is 13.4. The number of rotatable bonds is 2. The quantitative estimate of drug-likeness (QED) is 0.203. The molecule has 0 amide bonds. The normalized spacial score (nSPS) is 12.1. The molecule has 0 unspecified atom stereocenters. The van der Waals surface area contributed by atoms with Crippen LogP contribution in [0.15, 0.2) is 133 Å². The van der Waals surface area contributed by atoms with Gasteiger partial charge in [0, 0.05) is 9.75 Å². The molecule has 0 radical (unpaired) electrons. The fourth-order valence-corrected chi connectivity index (χ4v) is 7.69. The predicted octanol–water partition coefficient (Wildman–Crippen LogP) is 11.4. The Labute approximate surface area is 229 Å². The molecule has 39 heavy (non-hydrogen) atoms. The lowest BCUT2D eigenvalue weighted by atomic mass is 9.91. The molecule has 0 aliphatic heterocycles. The van der Waals surface area contributed by atoms with Gasteiger partial charge >= 0.3 is 0 Å². The SMILES string of the molecule is c1cc2ccc3ccc(-c4ccc(-c5ccc6c7ccccc7c7ccccc7c6c5)s4)c4ccc(c1)c2c34. The molecule has 0 fully saturated rings. The highest BCUT2D eigenvalue weighted by Gasteiger charge is 2.15. The molecule has 180 valence electrons. The summed E-state index contributed by atoms with van der Waals surface area (Å²) in [5, 5.41) is 15.9. The van der Waals surface area contributed by atoms with Gasteiger partial charge in [-0.1, -0.05) is 115 Å². The Morgan fingerprint density at radius 2 is 0.872 bits per heavy atom. The van der Waals surface area contributed by atoms with Crippen molar-refractivity contribution in [3.8, 4) is 20.9 Å². The monoisotopic (exact) mass is 510 g/mol. The Bertz CT molecular complexity index is 2340. The predicted molar refractivity (Wildman–Crippen MR) is 171 cm³/mol. The lowest BCUT2D eigenvalue weighted by molar-refractivity contribution is 1.75.